The molecule has 0 aromatic heterocycles. The third-order valence-corrected chi connectivity index (χ3v) is 9.25. The Labute approximate surface area is 191 Å². The van der Waals surface area contributed by atoms with E-state index in [2.05, 4.69) is 0 Å². The summed E-state index contributed by atoms with van der Waals surface area (Å²) in [6.45, 7) is 5.99. The standard InChI is InChI=1S/C24H29ClF2O5/c1-20(2)31-19-9-13-14-8-16(26)15-7-12(25)5-6-21(15,3)23(14,27)17(29)10-22(13,4)24(19,32-20)18(30)11-28/h5-7,13-14,17,19,28-29H,8-11H2,1-4H3/t13-,14-,17-,19-,21-,22-,23?,24+/m0/s1. The summed E-state index contributed by atoms with van der Waals surface area (Å²) in [6, 6.07) is 0. The molecular weight excluding hydrogens is 442 g/mol. The fraction of sp³-hybridized carbons (Fsp3) is 0.708. The molecule has 5 nitrogen and oxygen atoms in total. The molecule has 5 rings (SSSR count). The minimum Gasteiger partial charge on any atom is -0.390 e. The highest BCUT2D eigenvalue weighted by molar-refractivity contribution is 6.31. The molecule has 0 aromatic rings. The number of carbonyl (C=O) groups excluding carboxylic acids is 1. The second-order valence-electron chi connectivity index (χ2n) is 10.9. The predicted octanol–water partition coefficient (Wildman–Crippen LogP) is 3.88. The van der Waals surface area contributed by atoms with Gasteiger partial charge >= 0.3 is 0 Å². The maximum Gasteiger partial charge on any atom is 0.193 e. The average molecular weight is 471 g/mol. The number of fused-ring (bicyclic) bond motifs is 7. The number of alkyl halides is 1. The Morgan fingerprint density at radius 2 is 1.97 bits per heavy atom. The quantitative estimate of drug-likeness (QED) is 0.640. The van der Waals surface area contributed by atoms with Crippen LogP contribution in [0.25, 0.3) is 0 Å². The van der Waals surface area contributed by atoms with Gasteiger partial charge in [-0.25, -0.2) is 8.78 Å². The number of aliphatic hydroxyl groups excluding tert-OH is 2. The number of hydrogen-bond acceptors (Lipinski definition) is 5. The average Bonchev–Trinajstić information content (AvgIpc) is 3.11. The molecule has 4 aliphatic carbocycles. The number of Topliss-reactive ketones (excluding diaryl/α,β-unsaturated/α-hetero) is 1. The molecule has 5 aliphatic rings. The van der Waals surface area contributed by atoms with Gasteiger partial charge in [0.15, 0.2) is 22.8 Å². The van der Waals surface area contributed by atoms with Crippen molar-refractivity contribution in [2.75, 3.05) is 6.61 Å². The summed E-state index contributed by atoms with van der Waals surface area (Å²) >= 11 is 6.09. The van der Waals surface area contributed by atoms with Crippen molar-refractivity contribution in [2.24, 2.45) is 22.7 Å². The van der Waals surface area contributed by atoms with Crippen molar-refractivity contribution in [3.63, 3.8) is 0 Å². The van der Waals surface area contributed by atoms with Gasteiger partial charge in [0.25, 0.3) is 0 Å². The van der Waals surface area contributed by atoms with E-state index >= 15 is 8.78 Å². The van der Waals surface area contributed by atoms with Crippen molar-refractivity contribution >= 4 is 17.4 Å². The van der Waals surface area contributed by atoms with E-state index in [9.17, 15) is 15.0 Å². The Bertz CT molecular complexity index is 991. The van der Waals surface area contributed by atoms with Gasteiger partial charge in [-0.15, -0.1) is 0 Å². The van der Waals surface area contributed by atoms with Crippen molar-refractivity contribution in [3.8, 4) is 0 Å². The first kappa shape index (κ1) is 22.7. The van der Waals surface area contributed by atoms with Crippen LogP contribution in [0.15, 0.2) is 34.7 Å². The summed E-state index contributed by atoms with van der Waals surface area (Å²) in [5.41, 5.74) is -6.02. The summed E-state index contributed by atoms with van der Waals surface area (Å²) in [4.78, 5) is 13.2. The molecule has 2 N–H and O–H groups in total. The van der Waals surface area contributed by atoms with Crippen LogP contribution in [0, 0.1) is 22.7 Å². The molecule has 176 valence electrons. The first-order valence-corrected chi connectivity index (χ1v) is 11.5. The summed E-state index contributed by atoms with van der Waals surface area (Å²) in [7, 11) is 0. The Morgan fingerprint density at radius 3 is 2.62 bits per heavy atom. The third kappa shape index (κ3) is 2.39. The Kier molecular flexibility index (Phi) is 4.61. The molecule has 1 saturated heterocycles. The van der Waals surface area contributed by atoms with Crippen LogP contribution in [0.5, 0.6) is 0 Å². The molecule has 2 saturated carbocycles. The van der Waals surface area contributed by atoms with Gasteiger partial charge in [0.05, 0.1) is 17.6 Å². The van der Waals surface area contributed by atoms with Gasteiger partial charge in [-0.05, 0) is 57.3 Å². The maximum atomic E-state index is 17.2. The molecule has 8 heteroatoms. The molecule has 1 unspecified atom stereocenters. The van der Waals surface area contributed by atoms with Crippen molar-refractivity contribution in [3.05, 3.63) is 34.7 Å². The van der Waals surface area contributed by atoms with Crippen molar-refractivity contribution in [2.45, 2.75) is 76.2 Å². The molecule has 32 heavy (non-hydrogen) atoms. The zero-order valence-corrected chi connectivity index (χ0v) is 19.4. The number of halogens is 3. The van der Waals surface area contributed by atoms with E-state index in [0.29, 0.717) is 5.03 Å². The maximum absolute atomic E-state index is 17.2. The monoisotopic (exact) mass is 470 g/mol. The largest absolute Gasteiger partial charge is 0.390 e. The van der Waals surface area contributed by atoms with Gasteiger partial charge in [0, 0.05) is 22.8 Å². The topological polar surface area (TPSA) is 76.0 Å². The molecule has 0 radical (unpaired) electrons. The minimum atomic E-state index is -2.18. The van der Waals surface area contributed by atoms with Crippen LogP contribution in [0.4, 0.5) is 8.78 Å². The Morgan fingerprint density at radius 1 is 1.28 bits per heavy atom. The van der Waals surface area contributed by atoms with Crippen LogP contribution in [-0.2, 0) is 14.3 Å². The smallest absolute Gasteiger partial charge is 0.193 e. The molecule has 1 aliphatic heterocycles. The van der Waals surface area contributed by atoms with Crippen molar-refractivity contribution in [1.82, 2.24) is 0 Å². The Balaban J connectivity index is 1.68. The summed E-state index contributed by atoms with van der Waals surface area (Å²) in [5.74, 6) is -3.52. The second-order valence-corrected chi connectivity index (χ2v) is 11.3. The first-order chi connectivity index (χ1) is 14.8. The van der Waals surface area contributed by atoms with Crippen molar-refractivity contribution in [1.29, 1.82) is 0 Å². The molecule has 0 aromatic carbocycles. The minimum absolute atomic E-state index is 0.0812. The highest BCUT2D eigenvalue weighted by Crippen LogP contribution is 2.72. The lowest BCUT2D eigenvalue weighted by molar-refractivity contribution is -0.244. The second kappa shape index (κ2) is 6.51. The number of carbonyl (C=O) groups is 1. The lowest BCUT2D eigenvalue weighted by Gasteiger charge is -2.62. The number of allylic oxidation sites excluding steroid dienone is 6. The van der Waals surface area contributed by atoms with E-state index in [1.165, 1.54) is 12.2 Å². The molecule has 1 heterocycles. The molecular formula is C24H29ClF2O5. The SMILES string of the molecule is CC1(C)O[C@H]2C[C@H]3[C@@H]4CC(F)=C5C=C(Cl)C=C[C@]5(C)C4(F)[C@@H](O)C[C@]3(C)[C@]2(C(=O)CO)O1. The van der Waals surface area contributed by atoms with E-state index in [0.717, 1.165) is 0 Å². The highest BCUT2D eigenvalue weighted by atomic mass is 35.5. The molecule has 8 atom stereocenters. The summed E-state index contributed by atoms with van der Waals surface area (Å²) < 4.78 is 44.9. The van der Waals surface area contributed by atoms with Crippen LogP contribution in [0.1, 0.15) is 47.0 Å². The number of ether oxygens (including phenoxy) is 2. The predicted molar refractivity (Wildman–Crippen MR) is 113 cm³/mol. The van der Waals surface area contributed by atoms with Gasteiger partial charge in [-0.1, -0.05) is 24.6 Å². The summed E-state index contributed by atoms with van der Waals surface area (Å²) in [5, 5.41) is 21.5. The molecule has 3 fully saturated rings. The number of ketones is 1. The van der Waals surface area contributed by atoms with Crippen molar-refractivity contribution < 1.29 is 33.3 Å². The highest BCUT2D eigenvalue weighted by Gasteiger charge is 2.80. The van der Waals surface area contributed by atoms with Crippen LogP contribution < -0.4 is 0 Å². The van der Waals surface area contributed by atoms with Gasteiger partial charge < -0.3 is 19.7 Å². The number of rotatable bonds is 2. The van der Waals surface area contributed by atoms with E-state index in [-0.39, 0.29) is 24.8 Å². The zero-order chi connectivity index (χ0) is 23.5. The van der Waals surface area contributed by atoms with E-state index in [1.807, 2.05) is 0 Å². The number of hydrogen-bond donors (Lipinski definition) is 2. The molecule has 0 amide bonds. The van der Waals surface area contributed by atoms with Crippen LogP contribution in [0.3, 0.4) is 0 Å². The lowest BCUT2D eigenvalue weighted by Crippen LogP contribution is -2.69. The van der Waals surface area contributed by atoms with Gasteiger partial charge in [0.2, 0.25) is 0 Å². The molecule has 0 spiro atoms. The van der Waals surface area contributed by atoms with E-state index in [1.54, 1.807) is 33.8 Å². The van der Waals surface area contributed by atoms with E-state index < -0.39 is 70.1 Å². The Hall–Kier alpha value is -1.12. The van der Waals surface area contributed by atoms with Gasteiger partial charge in [0.1, 0.15) is 12.4 Å². The van der Waals surface area contributed by atoms with Crippen LogP contribution in [-0.4, -0.2) is 51.9 Å². The molecule has 0 bridgehead atoms. The first-order valence-electron chi connectivity index (χ1n) is 11.1. The zero-order valence-electron chi connectivity index (χ0n) is 18.6. The van der Waals surface area contributed by atoms with Gasteiger partial charge in [-0.3, -0.25) is 4.79 Å². The lowest BCUT2D eigenvalue weighted by atomic mass is 9.45. The van der Waals surface area contributed by atoms with Crippen LogP contribution >= 0.6 is 11.6 Å². The fourth-order valence-corrected chi connectivity index (χ4v) is 7.90. The van der Waals surface area contributed by atoms with Gasteiger partial charge in [-0.2, -0.15) is 0 Å². The van der Waals surface area contributed by atoms with Crippen LogP contribution in [0.2, 0.25) is 0 Å². The number of aliphatic hydroxyl groups is 2. The fourth-order valence-electron chi connectivity index (χ4n) is 7.73. The third-order valence-electron chi connectivity index (χ3n) is 9.01. The van der Waals surface area contributed by atoms with E-state index in [4.69, 9.17) is 21.1 Å². The summed E-state index contributed by atoms with van der Waals surface area (Å²) in [6.07, 6.45) is 2.28. The normalized spacial score (nSPS) is 51.0.